The summed E-state index contributed by atoms with van der Waals surface area (Å²) in [4.78, 5) is 29.4. The van der Waals surface area contributed by atoms with Gasteiger partial charge in [-0.3, -0.25) is 14.2 Å². The summed E-state index contributed by atoms with van der Waals surface area (Å²) >= 11 is 1.46. The third-order valence-electron chi connectivity index (χ3n) is 4.16. The van der Waals surface area contributed by atoms with Crippen LogP contribution in [0.1, 0.15) is 31.2 Å². The highest BCUT2D eigenvalue weighted by Crippen LogP contribution is 2.31. The molecule has 0 unspecified atom stereocenters. The molecule has 6 heteroatoms. The number of thiophene rings is 1. The molecule has 1 N–H and O–H groups in total. The normalized spacial score (nSPS) is 11.1. The summed E-state index contributed by atoms with van der Waals surface area (Å²) in [5.74, 6) is -0.253. The van der Waals surface area contributed by atoms with E-state index in [1.54, 1.807) is 0 Å². The van der Waals surface area contributed by atoms with Crippen LogP contribution in [0.5, 0.6) is 0 Å². The summed E-state index contributed by atoms with van der Waals surface area (Å²) in [5.41, 5.74) is 2.85. The van der Waals surface area contributed by atoms with Crippen molar-refractivity contribution in [2.45, 2.75) is 39.7 Å². The van der Waals surface area contributed by atoms with Crippen LogP contribution in [0.3, 0.4) is 0 Å². The second-order valence-electron chi connectivity index (χ2n) is 6.07. The van der Waals surface area contributed by atoms with Gasteiger partial charge in [-0.05, 0) is 18.9 Å². The van der Waals surface area contributed by atoms with E-state index in [4.69, 9.17) is 5.11 Å². The number of rotatable bonds is 6. The highest BCUT2D eigenvalue weighted by molar-refractivity contribution is 7.17. The van der Waals surface area contributed by atoms with Crippen molar-refractivity contribution < 1.29 is 9.90 Å². The Labute approximate surface area is 149 Å². The summed E-state index contributed by atoms with van der Waals surface area (Å²) in [6.45, 7) is 4.19. The standard InChI is InChI=1S/C19H20N2O3S/c1-3-4-15-20-18-17(19(24)21(15)10-9-16(22)23)14(11-25-18)13-7-5-12(2)6-8-13/h5-8,11H,3-4,9-10H2,1-2H3,(H,22,23). The molecule has 2 aromatic heterocycles. The second-order valence-corrected chi connectivity index (χ2v) is 6.93. The number of nitrogens with zero attached hydrogens (tertiary/aromatic N) is 2. The van der Waals surface area contributed by atoms with Gasteiger partial charge < -0.3 is 5.11 Å². The van der Waals surface area contributed by atoms with Crippen molar-refractivity contribution in [3.63, 3.8) is 0 Å². The maximum atomic E-state index is 13.1. The summed E-state index contributed by atoms with van der Waals surface area (Å²) in [6.07, 6.45) is 1.41. The zero-order valence-corrected chi connectivity index (χ0v) is 15.1. The molecule has 0 aliphatic rings. The Hall–Kier alpha value is -2.47. The summed E-state index contributed by atoms with van der Waals surface area (Å²) in [7, 11) is 0. The van der Waals surface area contributed by atoms with E-state index < -0.39 is 5.97 Å². The molecule has 0 saturated heterocycles. The van der Waals surface area contributed by atoms with Gasteiger partial charge in [0.05, 0.1) is 11.8 Å². The molecule has 0 fully saturated rings. The Kier molecular flexibility index (Phi) is 4.99. The van der Waals surface area contributed by atoms with Gasteiger partial charge in [0.15, 0.2) is 0 Å². The van der Waals surface area contributed by atoms with E-state index in [0.29, 0.717) is 17.6 Å². The molecule has 2 heterocycles. The molecule has 3 aromatic rings. The number of hydrogen-bond acceptors (Lipinski definition) is 4. The Bertz CT molecular complexity index is 971. The lowest BCUT2D eigenvalue weighted by Gasteiger charge is -2.11. The average Bonchev–Trinajstić information content (AvgIpc) is 2.99. The Morgan fingerprint density at radius 2 is 2.00 bits per heavy atom. The number of hydrogen-bond donors (Lipinski definition) is 1. The van der Waals surface area contributed by atoms with Gasteiger partial charge in [-0.25, -0.2) is 4.98 Å². The first-order valence-electron chi connectivity index (χ1n) is 8.31. The molecule has 0 aliphatic heterocycles. The molecular weight excluding hydrogens is 336 g/mol. The lowest BCUT2D eigenvalue weighted by Crippen LogP contribution is -2.26. The zero-order chi connectivity index (χ0) is 18.0. The van der Waals surface area contributed by atoms with E-state index >= 15 is 0 Å². The van der Waals surface area contributed by atoms with Gasteiger partial charge in [0, 0.05) is 23.9 Å². The van der Waals surface area contributed by atoms with Crippen molar-refractivity contribution in [3.05, 3.63) is 51.4 Å². The van der Waals surface area contributed by atoms with Crippen LogP contribution in [0.4, 0.5) is 0 Å². The minimum atomic E-state index is -0.918. The molecule has 1 aromatic carbocycles. The van der Waals surface area contributed by atoms with Crippen molar-refractivity contribution in [1.29, 1.82) is 0 Å². The third kappa shape index (κ3) is 3.49. The van der Waals surface area contributed by atoms with E-state index in [1.807, 2.05) is 43.5 Å². The number of carboxylic acids is 1. The van der Waals surface area contributed by atoms with Crippen molar-refractivity contribution in [1.82, 2.24) is 9.55 Å². The van der Waals surface area contributed by atoms with Crippen LogP contribution in [0, 0.1) is 6.92 Å². The molecule has 130 valence electrons. The number of carboxylic acid groups (broad SMARTS) is 1. The first-order chi connectivity index (χ1) is 12.0. The van der Waals surface area contributed by atoms with Gasteiger partial charge >= 0.3 is 5.97 Å². The molecule has 0 amide bonds. The van der Waals surface area contributed by atoms with Gasteiger partial charge in [0.2, 0.25) is 0 Å². The van der Waals surface area contributed by atoms with Crippen LogP contribution in [0.25, 0.3) is 21.3 Å². The summed E-state index contributed by atoms with van der Waals surface area (Å²) in [6, 6.07) is 8.02. The fourth-order valence-electron chi connectivity index (χ4n) is 2.86. The molecule has 0 spiro atoms. The highest BCUT2D eigenvalue weighted by atomic mass is 32.1. The predicted octanol–water partition coefficient (Wildman–Crippen LogP) is 3.86. The Morgan fingerprint density at radius 1 is 1.28 bits per heavy atom. The van der Waals surface area contributed by atoms with Crippen LogP contribution in [-0.2, 0) is 17.8 Å². The Balaban J connectivity index is 2.19. The molecule has 0 radical (unpaired) electrons. The fraction of sp³-hybridized carbons (Fsp3) is 0.316. The second kappa shape index (κ2) is 7.19. The van der Waals surface area contributed by atoms with E-state index in [-0.39, 0.29) is 18.5 Å². The topological polar surface area (TPSA) is 72.2 Å². The van der Waals surface area contributed by atoms with Gasteiger partial charge in [0.25, 0.3) is 5.56 Å². The summed E-state index contributed by atoms with van der Waals surface area (Å²) < 4.78 is 1.53. The largest absolute Gasteiger partial charge is 0.481 e. The van der Waals surface area contributed by atoms with Crippen molar-refractivity contribution >= 4 is 27.5 Å². The van der Waals surface area contributed by atoms with Crippen LogP contribution in [-0.4, -0.2) is 20.6 Å². The number of carbonyl (C=O) groups is 1. The first-order valence-corrected chi connectivity index (χ1v) is 9.19. The molecule has 0 bridgehead atoms. The van der Waals surface area contributed by atoms with Gasteiger partial charge in [0.1, 0.15) is 10.7 Å². The molecular formula is C19H20N2O3S. The van der Waals surface area contributed by atoms with E-state index in [1.165, 1.54) is 15.9 Å². The Morgan fingerprint density at radius 3 is 2.64 bits per heavy atom. The van der Waals surface area contributed by atoms with Crippen molar-refractivity contribution in [2.75, 3.05) is 0 Å². The molecule has 25 heavy (non-hydrogen) atoms. The number of fused-ring (bicyclic) bond motifs is 1. The smallest absolute Gasteiger partial charge is 0.305 e. The van der Waals surface area contributed by atoms with Gasteiger partial charge in [-0.1, -0.05) is 36.8 Å². The average molecular weight is 356 g/mol. The van der Waals surface area contributed by atoms with E-state index in [9.17, 15) is 9.59 Å². The number of aromatic nitrogens is 2. The lowest BCUT2D eigenvalue weighted by molar-refractivity contribution is -0.137. The van der Waals surface area contributed by atoms with Crippen LogP contribution >= 0.6 is 11.3 Å². The predicted molar refractivity (Wildman–Crippen MR) is 100 cm³/mol. The molecule has 3 rings (SSSR count). The SMILES string of the molecule is CCCc1nc2scc(-c3ccc(C)cc3)c2c(=O)n1CCC(=O)O. The maximum absolute atomic E-state index is 13.1. The lowest BCUT2D eigenvalue weighted by atomic mass is 10.0. The number of aliphatic carboxylic acids is 1. The van der Waals surface area contributed by atoms with Crippen LogP contribution in [0.2, 0.25) is 0 Å². The quantitative estimate of drug-likeness (QED) is 0.728. The molecule has 0 atom stereocenters. The van der Waals surface area contributed by atoms with Crippen molar-refractivity contribution in [3.8, 4) is 11.1 Å². The molecule has 0 saturated carbocycles. The first kappa shape index (κ1) is 17.4. The van der Waals surface area contributed by atoms with Crippen LogP contribution < -0.4 is 5.56 Å². The minimum Gasteiger partial charge on any atom is -0.481 e. The van der Waals surface area contributed by atoms with Crippen LogP contribution in [0.15, 0.2) is 34.4 Å². The van der Waals surface area contributed by atoms with Gasteiger partial charge in [-0.15, -0.1) is 11.3 Å². The van der Waals surface area contributed by atoms with E-state index in [0.717, 1.165) is 27.9 Å². The molecule has 0 aliphatic carbocycles. The number of benzene rings is 1. The molecule has 5 nitrogen and oxygen atoms in total. The fourth-order valence-corrected chi connectivity index (χ4v) is 3.82. The van der Waals surface area contributed by atoms with Gasteiger partial charge in [-0.2, -0.15) is 0 Å². The highest BCUT2D eigenvalue weighted by Gasteiger charge is 2.17. The van der Waals surface area contributed by atoms with E-state index in [2.05, 4.69) is 4.98 Å². The minimum absolute atomic E-state index is 0.0895. The summed E-state index contributed by atoms with van der Waals surface area (Å²) in [5, 5.41) is 11.5. The zero-order valence-electron chi connectivity index (χ0n) is 14.3. The maximum Gasteiger partial charge on any atom is 0.305 e. The number of aryl methyl sites for hydroxylation is 2. The monoisotopic (exact) mass is 356 g/mol. The van der Waals surface area contributed by atoms with Crippen molar-refractivity contribution in [2.24, 2.45) is 0 Å². The third-order valence-corrected chi connectivity index (χ3v) is 5.03.